The first kappa shape index (κ1) is 9.71. The fourth-order valence-electron chi connectivity index (χ4n) is 1.52. The van der Waals surface area contributed by atoms with Crippen molar-refractivity contribution in [1.29, 1.82) is 0 Å². The van der Waals surface area contributed by atoms with Crippen LogP contribution in [-0.4, -0.2) is 12.5 Å². The molecular formula is C10H9ClF2O. The van der Waals surface area contributed by atoms with Crippen LogP contribution in [0.15, 0.2) is 18.2 Å². The zero-order chi connectivity index (χ0) is 10.3. The molecule has 2 rings (SSSR count). The fourth-order valence-corrected chi connectivity index (χ4v) is 1.70. The Hall–Kier alpha value is -0.830. The monoisotopic (exact) mass is 218 g/mol. The van der Waals surface area contributed by atoms with E-state index < -0.39 is 18.4 Å². The molecule has 1 atom stereocenters. The van der Waals surface area contributed by atoms with Crippen LogP contribution < -0.4 is 4.74 Å². The van der Waals surface area contributed by atoms with Gasteiger partial charge in [0.15, 0.2) is 6.61 Å². The van der Waals surface area contributed by atoms with Gasteiger partial charge in [0.25, 0.3) is 5.92 Å². The van der Waals surface area contributed by atoms with E-state index in [0.717, 1.165) is 0 Å². The van der Waals surface area contributed by atoms with Crippen LogP contribution in [-0.2, 0) is 0 Å². The van der Waals surface area contributed by atoms with Gasteiger partial charge in [0.1, 0.15) is 5.75 Å². The van der Waals surface area contributed by atoms with E-state index in [-0.39, 0.29) is 0 Å². The third-order valence-electron chi connectivity index (χ3n) is 2.49. The van der Waals surface area contributed by atoms with E-state index >= 15 is 0 Å². The summed E-state index contributed by atoms with van der Waals surface area (Å²) in [5.41, 5.74) is 0.480. The van der Waals surface area contributed by atoms with Crippen LogP contribution in [0.5, 0.6) is 5.75 Å². The van der Waals surface area contributed by atoms with E-state index in [1.54, 1.807) is 12.1 Å². The molecule has 1 unspecified atom stereocenters. The van der Waals surface area contributed by atoms with E-state index in [1.807, 2.05) is 0 Å². The third kappa shape index (κ3) is 1.46. The quantitative estimate of drug-likeness (QED) is 0.648. The Kier molecular flexibility index (Phi) is 2.14. The van der Waals surface area contributed by atoms with Crippen LogP contribution in [0.3, 0.4) is 0 Å². The van der Waals surface area contributed by atoms with Crippen molar-refractivity contribution >= 4 is 11.6 Å². The van der Waals surface area contributed by atoms with Gasteiger partial charge in [-0.15, -0.1) is 0 Å². The van der Waals surface area contributed by atoms with E-state index in [0.29, 0.717) is 16.3 Å². The molecule has 1 nitrogen and oxygen atoms in total. The van der Waals surface area contributed by atoms with Gasteiger partial charge in [0, 0.05) is 10.6 Å². The van der Waals surface area contributed by atoms with E-state index in [1.165, 1.54) is 13.0 Å². The minimum atomic E-state index is -2.81. The molecule has 4 heteroatoms. The van der Waals surface area contributed by atoms with Crippen molar-refractivity contribution in [2.24, 2.45) is 0 Å². The number of alkyl halides is 2. The van der Waals surface area contributed by atoms with Crippen molar-refractivity contribution in [3.8, 4) is 5.75 Å². The lowest BCUT2D eigenvalue weighted by Crippen LogP contribution is -2.35. The molecule has 0 amide bonds. The lowest BCUT2D eigenvalue weighted by molar-refractivity contribution is -0.0722. The highest BCUT2D eigenvalue weighted by Crippen LogP contribution is 2.43. The Morgan fingerprint density at radius 1 is 1.50 bits per heavy atom. The summed E-state index contributed by atoms with van der Waals surface area (Å²) in [6, 6.07) is 4.80. The topological polar surface area (TPSA) is 9.23 Å². The van der Waals surface area contributed by atoms with Crippen LogP contribution in [0.2, 0.25) is 5.02 Å². The van der Waals surface area contributed by atoms with E-state index in [4.69, 9.17) is 16.3 Å². The number of rotatable bonds is 0. The molecule has 0 radical (unpaired) electrons. The van der Waals surface area contributed by atoms with Crippen molar-refractivity contribution < 1.29 is 13.5 Å². The first-order chi connectivity index (χ1) is 6.50. The molecule has 0 fully saturated rings. The van der Waals surface area contributed by atoms with Gasteiger partial charge in [0.05, 0.1) is 5.92 Å². The van der Waals surface area contributed by atoms with Crippen molar-refractivity contribution in [3.63, 3.8) is 0 Å². The van der Waals surface area contributed by atoms with Crippen LogP contribution in [0, 0.1) is 0 Å². The van der Waals surface area contributed by atoms with Gasteiger partial charge in [-0.05, 0) is 18.2 Å². The number of hydrogen-bond donors (Lipinski definition) is 0. The summed E-state index contributed by atoms with van der Waals surface area (Å²) in [5, 5.41) is 0.455. The van der Waals surface area contributed by atoms with E-state index in [2.05, 4.69) is 0 Å². The lowest BCUT2D eigenvalue weighted by atomic mass is 9.92. The summed E-state index contributed by atoms with van der Waals surface area (Å²) < 4.78 is 31.4. The molecule has 1 aliphatic heterocycles. The molecule has 0 aliphatic carbocycles. The first-order valence-corrected chi connectivity index (χ1v) is 4.68. The zero-order valence-electron chi connectivity index (χ0n) is 7.56. The minimum Gasteiger partial charge on any atom is -0.487 e. The number of benzene rings is 1. The van der Waals surface area contributed by atoms with Gasteiger partial charge in [-0.3, -0.25) is 0 Å². The normalized spacial score (nSPS) is 23.9. The molecule has 1 heterocycles. The predicted molar refractivity (Wildman–Crippen MR) is 50.3 cm³/mol. The van der Waals surface area contributed by atoms with Crippen LogP contribution >= 0.6 is 11.6 Å². The van der Waals surface area contributed by atoms with Crippen molar-refractivity contribution in [1.82, 2.24) is 0 Å². The van der Waals surface area contributed by atoms with Crippen LogP contribution in [0.1, 0.15) is 18.4 Å². The maximum Gasteiger partial charge on any atom is 0.287 e. The maximum atomic E-state index is 13.2. The van der Waals surface area contributed by atoms with Crippen LogP contribution in [0.25, 0.3) is 0 Å². The van der Waals surface area contributed by atoms with Gasteiger partial charge >= 0.3 is 0 Å². The number of fused-ring (bicyclic) bond motifs is 1. The number of hydrogen-bond acceptors (Lipinski definition) is 1. The second-order valence-electron chi connectivity index (χ2n) is 3.45. The van der Waals surface area contributed by atoms with Gasteiger partial charge in [-0.1, -0.05) is 18.5 Å². The van der Waals surface area contributed by atoms with Gasteiger partial charge in [-0.25, -0.2) is 8.78 Å². The summed E-state index contributed by atoms with van der Waals surface area (Å²) in [5.74, 6) is -3.14. The summed E-state index contributed by atoms with van der Waals surface area (Å²) in [4.78, 5) is 0. The molecule has 1 aromatic carbocycles. The molecule has 76 valence electrons. The molecule has 1 aliphatic rings. The Morgan fingerprint density at radius 3 is 2.93 bits per heavy atom. The van der Waals surface area contributed by atoms with Gasteiger partial charge in [-0.2, -0.15) is 0 Å². The largest absolute Gasteiger partial charge is 0.487 e. The smallest absolute Gasteiger partial charge is 0.287 e. The van der Waals surface area contributed by atoms with Crippen LogP contribution in [0.4, 0.5) is 8.78 Å². The highest BCUT2D eigenvalue weighted by molar-refractivity contribution is 6.30. The van der Waals surface area contributed by atoms with Gasteiger partial charge in [0.2, 0.25) is 0 Å². The third-order valence-corrected chi connectivity index (χ3v) is 2.73. The van der Waals surface area contributed by atoms with Crippen molar-refractivity contribution in [2.75, 3.05) is 6.61 Å². The Balaban J connectivity index is 2.48. The Bertz CT molecular complexity index is 365. The summed E-state index contributed by atoms with van der Waals surface area (Å²) >= 11 is 5.73. The molecular weight excluding hydrogens is 210 g/mol. The molecule has 14 heavy (non-hydrogen) atoms. The minimum absolute atomic E-state index is 0.455. The first-order valence-electron chi connectivity index (χ1n) is 4.31. The predicted octanol–water partition coefficient (Wildman–Crippen LogP) is 3.47. The highest BCUT2D eigenvalue weighted by Gasteiger charge is 2.43. The van der Waals surface area contributed by atoms with E-state index in [9.17, 15) is 8.78 Å². The SMILES string of the molecule is CC1c2cc(Cl)ccc2OCC1(F)F. The Labute approximate surface area is 85.6 Å². The number of ether oxygens (including phenoxy) is 1. The molecule has 0 spiro atoms. The second kappa shape index (κ2) is 3.09. The summed E-state index contributed by atoms with van der Waals surface area (Å²) in [6.07, 6.45) is 0. The average molecular weight is 219 g/mol. The maximum absolute atomic E-state index is 13.2. The molecule has 0 aromatic heterocycles. The fraction of sp³-hybridized carbons (Fsp3) is 0.400. The summed E-state index contributed by atoms with van der Waals surface area (Å²) in [7, 11) is 0. The highest BCUT2D eigenvalue weighted by atomic mass is 35.5. The van der Waals surface area contributed by atoms with Crippen molar-refractivity contribution in [2.45, 2.75) is 18.8 Å². The zero-order valence-corrected chi connectivity index (χ0v) is 8.31. The molecule has 0 bridgehead atoms. The molecule has 1 aromatic rings. The van der Waals surface area contributed by atoms with Gasteiger partial charge < -0.3 is 4.74 Å². The Morgan fingerprint density at radius 2 is 2.21 bits per heavy atom. The average Bonchev–Trinajstić information content (AvgIpc) is 2.13. The molecule has 0 N–H and O–H groups in total. The standard InChI is InChI=1S/C10H9ClF2O/c1-6-8-4-7(11)2-3-9(8)14-5-10(6,12)13/h2-4,6H,5H2,1H3. The molecule has 0 saturated heterocycles. The molecule has 0 saturated carbocycles. The van der Waals surface area contributed by atoms with Crippen molar-refractivity contribution in [3.05, 3.63) is 28.8 Å². The summed E-state index contributed by atoms with van der Waals surface area (Å²) in [6.45, 7) is 0.931. The second-order valence-corrected chi connectivity index (χ2v) is 3.89. The number of halogens is 3. The lowest BCUT2D eigenvalue weighted by Gasteiger charge is -2.31.